The van der Waals surface area contributed by atoms with Gasteiger partial charge in [0.1, 0.15) is 5.82 Å². The molecule has 0 radical (unpaired) electrons. The lowest BCUT2D eigenvalue weighted by atomic mass is 10.00. The van der Waals surface area contributed by atoms with Crippen LogP contribution >= 0.6 is 0 Å². The van der Waals surface area contributed by atoms with E-state index in [1.165, 1.54) is 12.1 Å². The number of halogens is 1. The molecule has 1 aromatic heterocycles. The van der Waals surface area contributed by atoms with E-state index in [0.717, 1.165) is 5.56 Å². The van der Waals surface area contributed by atoms with Crippen LogP contribution in [0, 0.1) is 18.7 Å². The van der Waals surface area contributed by atoms with Crippen molar-refractivity contribution in [2.75, 3.05) is 18.0 Å². The predicted molar refractivity (Wildman–Crippen MR) is 75.5 cm³/mol. The molecule has 21 heavy (non-hydrogen) atoms. The fourth-order valence-corrected chi connectivity index (χ4v) is 2.39. The summed E-state index contributed by atoms with van der Waals surface area (Å²) >= 11 is 0. The maximum atomic E-state index is 13.2. The molecule has 0 atom stereocenters. The van der Waals surface area contributed by atoms with Crippen LogP contribution in [0.15, 0.2) is 30.3 Å². The number of carboxylic acids is 1. The van der Waals surface area contributed by atoms with Crippen molar-refractivity contribution in [2.24, 2.45) is 5.92 Å². The fraction of sp³-hybridized carbons (Fsp3) is 0.267. The quantitative estimate of drug-likeness (QED) is 0.936. The molecule has 1 saturated heterocycles. The second kappa shape index (κ2) is 5.12. The second-order valence-corrected chi connectivity index (χ2v) is 5.19. The smallest absolute Gasteiger partial charge is 0.310 e. The molecular formula is C15H14FN3O2. The number of rotatable bonds is 3. The number of benzene rings is 1. The van der Waals surface area contributed by atoms with E-state index in [0.29, 0.717) is 30.2 Å². The van der Waals surface area contributed by atoms with Gasteiger partial charge in [-0.3, -0.25) is 4.79 Å². The van der Waals surface area contributed by atoms with Gasteiger partial charge in [0.25, 0.3) is 0 Å². The van der Waals surface area contributed by atoms with Crippen LogP contribution in [-0.2, 0) is 4.79 Å². The number of hydrogen-bond acceptors (Lipinski definition) is 4. The average Bonchev–Trinajstić information content (AvgIpc) is 2.38. The van der Waals surface area contributed by atoms with Gasteiger partial charge in [0.05, 0.1) is 11.6 Å². The molecule has 108 valence electrons. The summed E-state index contributed by atoms with van der Waals surface area (Å²) in [5.74, 6) is -0.752. The van der Waals surface area contributed by atoms with E-state index in [1.807, 2.05) is 17.9 Å². The number of carboxylic acid groups (broad SMARTS) is 1. The van der Waals surface area contributed by atoms with Gasteiger partial charge in [-0.1, -0.05) is 12.1 Å². The minimum atomic E-state index is -0.784. The molecule has 1 aromatic carbocycles. The zero-order valence-electron chi connectivity index (χ0n) is 11.5. The normalized spacial score (nSPS) is 14.9. The minimum absolute atomic E-state index is 0.317. The summed E-state index contributed by atoms with van der Waals surface area (Å²) in [5.41, 5.74) is 2.17. The largest absolute Gasteiger partial charge is 0.481 e. The van der Waals surface area contributed by atoms with Gasteiger partial charge in [-0.25, -0.2) is 4.39 Å². The predicted octanol–water partition coefficient (Wildman–Crippen LogP) is 2.11. The molecule has 5 nitrogen and oxygen atoms in total. The lowest BCUT2D eigenvalue weighted by Crippen LogP contribution is -2.51. The van der Waals surface area contributed by atoms with E-state index in [9.17, 15) is 9.18 Å². The van der Waals surface area contributed by atoms with Gasteiger partial charge < -0.3 is 10.0 Å². The van der Waals surface area contributed by atoms with E-state index in [2.05, 4.69) is 10.2 Å². The first-order valence-corrected chi connectivity index (χ1v) is 6.62. The molecule has 6 heteroatoms. The van der Waals surface area contributed by atoms with Crippen LogP contribution in [0.25, 0.3) is 11.3 Å². The first-order valence-electron chi connectivity index (χ1n) is 6.62. The molecule has 0 saturated carbocycles. The molecular weight excluding hydrogens is 273 g/mol. The average molecular weight is 287 g/mol. The van der Waals surface area contributed by atoms with Crippen LogP contribution in [-0.4, -0.2) is 34.4 Å². The molecule has 3 rings (SSSR count). The standard InChI is InChI=1S/C15H14FN3O2/c1-9-5-13(10-3-2-4-12(16)6-10)17-18-14(9)19-7-11(8-19)15(20)21/h2-6,11H,7-8H2,1H3,(H,20,21). The number of carbonyl (C=O) groups is 1. The Morgan fingerprint density at radius 1 is 1.33 bits per heavy atom. The van der Waals surface area contributed by atoms with Crippen molar-refractivity contribution < 1.29 is 14.3 Å². The lowest BCUT2D eigenvalue weighted by Gasteiger charge is -2.38. The van der Waals surface area contributed by atoms with E-state index < -0.39 is 5.97 Å². The fourth-order valence-electron chi connectivity index (χ4n) is 2.39. The summed E-state index contributed by atoms with van der Waals surface area (Å²) in [7, 11) is 0. The number of aliphatic carboxylic acids is 1. The first kappa shape index (κ1) is 13.5. The van der Waals surface area contributed by atoms with Crippen LogP contribution in [0.1, 0.15) is 5.56 Å². The highest BCUT2D eigenvalue weighted by atomic mass is 19.1. The summed E-state index contributed by atoms with van der Waals surface area (Å²) in [4.78, 5) is 12.7. The van der Waals surface area contributed by atoms with Crippen molar-refractivity contribution in [3.8, 4) is 11.3 Å². The Hall–Kier alpha value is -2.50. The van der Waals surface area contributed by atoms with Gasteiger partial charge in [0.15, 0.2) is 5.82 Å². The topological polar surface area (TPSA) is 66.3 Å². The van der Waals surface area contributed by atoms with Crippen molar-refractivity contribution in [2.45, 2.75) is 6.92 Å². The third-order valence-electron chi connectivity index (χ3n) is 3.61. The Labute approximate surface area is 121 Å². The van der Waals surface area contributed by atoms with Gasteiger partial charge >= 0.3 is 5.97 Å². The molecule has 1 N–H and O–H groups in total. The molecule has 0 aliphatic carbocycles. The Morgan fingerprint density at radius 2 is 2.10 bits per heavy atom. The zero-order chi connectivity index (χ0) is 15.0. The highest BCUT2D eigenvalue weighted by Gasteiger charge is 2.34. The first-order chi connectivity index (χ1) is 10.0. The molecule has 2 heterocycles. The molecule has 2 aromatic rings. The van der Waals surface area contributed by atoms with Crippen LogP contribution in [0.5, 0.6) is 0 Å². The number of aromatic nitrogens is 2. The van der Waals surface area contributed by atoms with Crippen LogP contribution in [0.2, 0.25) is 0 Å². The summed E-state index contributed by atoms with van der Waals surface area (Å²) in [6.45, 7) is 2.79. The third kappa shape index (κ3) is 2.56. The summed E-state index contributed by atoms with van der Waals surface area (Å²) < 4.78 is 13.2. The van der Waals surface area contributed by atoms with Gasteiger partial charge in [0.2, 0.25) is 0 Å². The molecule has 1 fully saturated rings. The zero-order valence-corrected chi connectivity index (χ0v) is 11.5. The van der Waals surface area contributed by atoms with Crippen molar-refractivity contribution >= 4 is 11.8 Å². The van der Waals surface area contributed by atoms with E-state index >= 15 is 0 Å². The van der Waals surface area contributed by atoms with Crippen LogP contribution in [0.4, 0.5) is 10.2 Å². The minimum Gasteiger partial charge on any atom is -0.481 e. The number of aryl methyl sites for hydroxylation is 1. The van der Waals surface area contributed by atoms with Crippen LogP contribution in [0.3, 0.4) is 0 Å². The molecule has 0 amide bonds. The maximum Gasteiger partial charge on any atom is 0.310 e. The summed E-state index contributed by atoms with van der Waals surface area (Å²) in [6, 6.07) is 8.03. The van der Waals surface area contributed by atoms with Gasteiger partial charge in [-0.15, -0.1) is 10.2 Å². The Balaban J connectivity index is 1.83. The second-order valence-electron chi connectivity index (χ2n) is 5.19. The van der Waals surface area contributed by atoms with Gasteiger partial charge in [-0.2, -0.15) is 0 Å². The number of nitrogens with zero attached hydrogens (tertiary/aromatic N) is 3. The molecule has 1 aliphatic rings. The Morgan fingerprint density at radius 3 is 2.71 bits per heavy atom. The summed E-state index contributed by atoms with van der Waals surface area (Å²) in [6.07, 6.45) is 0. The van der Waals surface area contributed by atoms with Gasteiger partial charge in [-0.05, 0) is 30.7 Å². The summed E-state index contributed by atoms with van der Waals surface area (Å²) in [5, 5.41) is 17.2. The highest BCUT2D eigenvalue weighted by molar-refractivity contribution is 5.74. The van der Waals surface area contributed by atoms with Crippen molar-refractivity contribution in [1.82, 2.24) is 10.2 Å². The molecule has 0 spiro atoms. The van der Waals surface area contributed by atoms with E-state index in [-0.39, 0.29) is 11.7 Å². The van der Waals surface area contributed by atoms with Crippen LogP contribution < -0.4 is 4.90 Å². The Bertz CT molecular complexity index is 699. The lowest BCUT2D eigenvalue weighted by molar-refractivity contribution is -0.142. The van der Waals surface area contributed by atoms with Crippen molar-refractivity contribution in [3.63, 3.8) is 0 Å². The Kier molecular flexibility index (Phi) is 3.29. The monoisotopic (exact) mass is 287 g/mol. The van der Waals surface area contributed by atoms with E-state index in [4.69, 9.17) is 5.11 Å². The van der Waals surface area contributed by atoms with E-state index in [1.54, 1.807) is 12.1 Å². The third-order valence-corrected chi connectivity index (χ3v) is 3.61. The molecule has 0 bridgehead atoms. The van der Waals surface area contributed by atoms with Crippen molar-refractivity contribution in [1.29, 1.82) is 0 Å². The SMILES string of the molecule is Cc1cc(-c2cccc(F)c2)nnc1N1CC(C(=O)O)C1. The van der Waals surface area contributed by atoms with Crippen molar-refractivity contribution in [3.05, 3.63) is 41.7 Å². The number of anilines is 1. The molecule has 0 unspecified atom stereocenters. The van der Waals surface area contributed by atoms with Gasteiger partial charge in [0, 0.05) is 18.7 Å². The highest BCUT2D eigenvalue weighted by Crippen LogP contribution is 2.27. The molecule has 1 aliphatic heterocycles. The maximum absolute atomic E-state index is 13.2. The number of hydrogen-bond donors (Lipinski definition) is 1.